The molecular weight excluding hydrogens is 264 g/mol. The highest BCUT2D eigenvalue weighted by Gasteiger charge is 2.17. The topological polar surface area (TPSA) is 71.1 Å². The van der Waals surface area contributed by atoms with Gasteiger partial charge >= 0.3 is 5.97 Å². The van der Waals surface area contributed by atoms with Crippen LogP contribution in [0.2, 0.25) is 0 Å². The zero-order valence-corrected chi connectivity index (χ0v) is 12.0. The van der Waals surface area contributed by atoms with Gasteiger partial charge in [0, 0.05) is 5.56 Å². The second kappa shape index (κ2) is 7.37. The van der Waals surface area contributed by atoms with Crippen molar-refractivity contribution in [2.45, 2.75) is 13.8 Å². The Bertz CT molecular complexity index is 469. The molecule has 0 N–H and O–H groups in total. The van der Waals surface area contributed by atoms with Crippen LogP contribution in [0.5, 0.6) is 17.2 Å². The lowest BCUT2D eigenvalue weighted by Crippen LogP contribution is -2.15. The largest absolute Gasteiger partial charge is 0.493 e. The zero-order chi connectivity index (χ0) is 15.1. The predicted octanol–water partition coefficient (Wildman–Crippen LogP) is 1.85. The number of esters is 1. The van der Waals surface area contributed by atoms with Gasteiger partial charge in [-0.05, 0) is 26.0 Å². The van der Waals surface area contributed by atoms with E-state index in [9.17, 15) is 9.59 Å². The monoisotopic (exact) mass is 282 g/mol. The molecule has 0 aromatic heterocycles. The summed E-state index contributed by atoms with van der Waals surface area (Å²) < 4.78 is 20.5. The molecule has 0 spiro atoms. The summed E-state index contributed by atoms with van der Waals surface area (Å²) in [7, 11) is 2.88. The fourth-order valence-corrected chi connectivity index (χ4v) is 1.56. The van der Waals surface area contributed by atoms with Crippen LogP contribution in [0.1, 0.15) is 24.2 Å². The summed E-state index contributed by atoms with van der Waals surface area (Å²) in [6.45, 7) is 3.16. The zero-order valence-electron chi connectivity index (χ0n) is 12.0. The molecule has 0 radical (unpaired) electrons. The van der Waals surface area contributed by atoms with E-state index in [2.05, 4.69) is 0 Å². The standard InChI is InChI=1S/C14H18O6/c1-5-19-13(16)8-20-14-11(17-3)6-10(9(2)15)7-12(14)18-4/h6-7H,5,8H2,1-4H3. The van der Waals surface area contributed by atoms with Crippen LogP contribution in [-0.4, -0.2) is 39.2 Å². The smallest absolute Gasteiger partial charge is 0.344 e. The Balaban J connectivity index is 3.04. The third kappa shape index (κ3) is 3.88. The lowest BCUT2D eigenvalue weighted by Gasteiger charge is -2.15. The SMILES string of the molecule is CCOC(=O)COc1c(OC)cc(C(C)=O)cc1OC. The van der Waals surface area contributed by atoms with Gasteiger partial charge in [0.2, 0.25) is 5.75 Å². The maximum absolute atomic E-state index is 11.4. The summed E-state index contributed by atoms with van der Waals surface area (Å²) >= 11 is 0. The van der Waals surface area contributed by atoms with Crippen molar-refractivity contribution < 1.29 is 28.5 Å². The van der Waals surface area contributed by atoms with Crippen molar-refractivity contribution >= 4 is 11.8 Å². The molecular formula is C14H18O6. The van der Waals surface area contributed by atoms with Crippen LogP contribution >= 0.6 is 0 Å². The molecule has 0 amide bonds. The highest BCUT2D eigenvalue weighted by Crippen LogP contribution is 2.38. The van der Waals surface area contributed by atoms with Crippen LogP contribution < -0.4 is 14.2 Å². The van der Waals surface area contributed by atoms with E-state index in [0.717, 1.165) is 0 Å². The first-order valence-corrected chi connectivity index (χ1v) is 6.08. The maximum atomic E-state index is 11.4. The Morgan fingerprint density at radius 3 is 2.05 bits per heavy atom. The molecule has 0 aliphatic carbocycles. The van der Waals surface area contributed by atoms with E-state index in [1.807, 2.05) is 0 Å². The van der Waals surface area contributed by atoms with Gasteiger partial charge in [0.15, 0.2) is 23.9 Å². The van der Waals surface area contributed by atoms with Crippen molar-refractivity contribution in [3.05, 3.63) is 17.7 Å². The number of rotatable bonds is 7. The fourth-order valence-electron chi connectivity index (χ4n) is 1.56. The first kappa shape index (κ1) is 15.8. The summed E-state index contributed by atoms with van der Waals surface area (Å²) in [5.74, 6) is 0.275. The van der Waals surface area contributed by atoms with Gasteiger partial charge < -0.3 is 18.9 Å². The highest BCUT2D eigenvalue weighted by molar-refractivity contribution is 5.95. The van der Waals surface area contributed by atoms with E-state index in [4.69, 9.17) is 18.9 Å². The Morgan fingerprint density at radius 2 is 1.65 bits per heavy atom. The van der Waals surface area contributed by atoms with Crippen LogP contribution in [-0.2, 0) is 9.53 Å². The minimum atomic E-state index is -0.493. The Hall–Kier alpha value is -2.24. The van der Waals surface area contributed by atoms with Crippen molar-refractivity contribution in [3.63, 3.8) is 0 Å². The third-order valence-corrected chi connectivity index (χ3v) is 2.51. The van der Waals surface area contributed by atoms with Gasteiger partial charge in [-0.1, -0.05) is 0 Å². The Labute approximate surface area is 117 Å². The number of benzene rings is 1. The normalized spacial score (nSPS) is 9.80. The lowest BCUT2D eigenvalue weighted by atomic mass is 10.1. The molecule has 1 aromatic carbocycles. The van der Waals surface area contributed by atoms with Gasteiger partial charge in [-0.25, -0.2) is 4.79 Å². The summed E-state index contributed by atoms with van der Waals surface area (Å²) in [5, 5.41) is 0. The molecule has 20 heavy (non-hydrogen) atoms. The number of carbonyl (C=O) groups is 2. The van der Waals surface area contributed by atoms with Crippen LogP contribution in [0.4, 0.5) is 0 Å². The molecule has 0 bridgehead atoms. The van der Waals surface area contributed by atoms with Crippen LogP contribution in [0.3, 0.4) is 0 Å². The molecule has 1 rings (SSSR count). The minimum Gasteiger partial charge on any atom is -0.493 e. The minimum absolute atomic E-state index is 0.126. The number of ether oxygens (including phenoxy) is 4. The molecule has 1 aromatic rings. The Morgan fingerprint density at radius 1 is 1.10 bits per heavy atom. The molecule has 0 heterocycles. The van der Waals surface area contributed by atoms with Crippen molar-refractivity contribution in [1.82, 2.24) is 0 Å². The fraction of sp³-hybridized carbons (Fsp3) is 0.429. The number of carbonyl (C=O) groups excluding carboxylic acids is 2. The Kier molecular flexibility index (Phi) is 5.83. The van der Waals surface area contributed by atoms with Gasteiger partial charge in [-0.3, -0.25) is 4.79 Å². The quantitative estimate of drug-likeness (QED) is 0.561. The van der Waals surface area contributed by atoms with E-state index >= 15 is 0 Å². The molecule has 0 fully saturated rings. The second-order valence-corrected chi connectivity index (χ2v) is 3.86. The van der Waals surface area contributed by atoms with Crippen molar-refractivity contribution in [2.75, 3.05) is 27.4 Å². The van der Waals surface area contributed by atoms with E-state index in [-0.39, 0.29) is 24.7 Å². The number of methoxy groups -OCH3 is 2. The maximum Gasteiger partial charge on any atom is 0.344 e. The molecule has 110 valence electrons. The van der Waals surface area contributed by atoms with Gasteiger partial charge in [-0.2, -0.15) is 0 Å². The van der Waals surface area contributed by atoms with Crippen LogP contribution in [0.15, 0.2) is 12.1 Å². The highest BCUT2D eigenvalue weighted by atomic mass is 16.6. The summed E-state index contributed by atoms with van der Waals surface area (Å²) in [6.07, 6.45) is 0. The van der Waals surface area contributed by atoms with E-state index in [1.54, 1.807) is 6.92 Å². The number of Topliss-reactive ketones (excluding diaryl/α,β-unsaturated/α-hetero) is 1. The molecule has 0 saturated carbocycles. The average Bonchev–Trinajstić information content (AvgIpc) is 2.44. The number of hydrogen-bond acceptors (Lipinski definition) is 6. The number of hydrogen-bond donors (Lipinski definition) is 0. The molecule has 0 atom stereocenters. The molecule has 0 saturated heterocycles. The summed E-state index contributed by atoms with van der Waals surface area (Å²) in [6, 6.07) is 3.07. The molecule has 6 heteroatoms. The average molecular weight is 282 g/mol. The lowest BCUT2D eigenvalue weighted by molar-refractivity contribution is -0.145. The van der Waals surface area contributed by atoms with Crippen LogP contribution in [0, 0.1) is 0 Å². The van der Waals surface area contributed by atoms with Crippen LogP contribution in [0.25, 0.3) is 0 Å². The van der Waals surface area contributed by atoms with Gasteiger partial charge in [0.1, 0.15) is 0 Å². The first-order chi connectivity index (χ1) is 9.53. The van der Waals surface area contributed by atoms with Crippen molar-refractivity contribution in [1.29, 1.82) is 0 Å². The van der Waals surface area contributed by atoms with Gasteiger partial charge in [-0.15, -0.1) is 0 Å². The molecule has 0 unspecified atom stereocenters. The number of ketones is 1. The third-order valence-electron chi connectivity index (χ3n) is 2.51. The predicted molar refractivity (Wildman–Crippen MR) is 71.7 cm³/mol. The van der Waals surface area contributed by atoms with Crippen molar-refractivity contribution in [2.24, 2.45) is 0 Å². The summed E-state index contributed by atoms with van der Waals surface area (Å²) in [4.78, 5) is 22.7. The van der Waals surface area contributed by atoms with Gasteiger partial charge in [0.05, 0.1) is 20.8 Å². The first-order valence-electron chi connectivity index (χ1n) is 6.08. The van der Waals surface area contributed by atoms with E-state index in [0.29, 0.717) is 17.1 Å². The van der Waals surface area contributed by atoms with Gasteiger partial charge in [0.25, 0.3) is 0 Å². The molecule has 0 aliphatic rings. The summed E-state index contributed by atoms with van der Waals surface area (Å²) in [5.41, 5.74) is 0.433. The second-order valence-electron chi connectivity index (χ2n) is 3.86. The molecule has 0 aliphatic heterocycles. The van der Waals surface area contributed by atoms with Crippen molar-refractivity contribution in [3.8, 4) is 17.2 Å². The van der Waals surface area contributed by atoms with E-state index < -0.39 is 5.97 Å². The van der Waals surface area contributed by atoms with E-state index in [1.165, 1.54) is 33.3 Å². The molecule has 6 nitrogen and oxygen atoms in total.